The Hall–Kier alpha value is -1.55. The molecule has 1 amide bonds. The molecular formula is C16H20ClNO3. The van der Waals surface area contributed by atoms with Crippen molar-refractivity contribution < 1.29 is 14.3 Å². The Morgan fingerprint density at radius 1 is 1.33 bits per heavy atom. The van der Waals surface area contributed by atoms with Gasteiger partial charge in [0.15, 0.2) is 0 Å². The second kappa shape index (κ2) is 6.94. The van der Waals surface area contributed by atoms with Crippen molar-refractivity contribution in [3.63, 3.8) is 0 Å². The standard InChI is InChI=1S/C16H20ClNO3/c1-3-21-16(20)12-7-9-18(10-8-12)15(19)13-5-4-6-14(17)11(13)2/h4-6,12H,3,7-10H2,1-2H3. The van der Waals surface area contributed by atoms with Gasteiger partial charge in [-0.1, -0.05) is 17.7 Å². The third-order valence-corrected chi connectivity index (χ3v) is 4.31. The van der Waals surface area contributed by atoms with Gasteiger partial charge < -0.3 is 9.64 Å². The fourth-order valence-electron chi connectivity index (χ4n) is 2.59. The molecule has 1 fully saturated rings. The molecule has 0 aliphatic carbocycles. The lowest BCUT2D eigenvalue weighted by atomic mass is 9.96. The third kappa shape index (κ3) is 3.56. The molecule has 1 aromatic carbocycles. The van der Waals surface area contributed by atoms with Crippen molar-refractivity contribution in [2.24, 2.45) is 5.92 Å². The van der Waals surface area contributed by atoms with Gasteiger partial charge in [0, 0.05) is 23.7 Å². The van der Waals surface area contributed by atoms with Crippen LogP contribution >= 0.6 is 11.6 Å². The van der Waals surface area contributed by atoms with Crippen molar-refractivity contribution in [1.29, 1.82) is 0 Å². The number of benzene rings is 1. The van der Waals surface area contributed by atoms with Crippen molar-refractivity contribution in [2.45, 2.75) is 26.7 Å². The summed E-state index contributed by atoms with van der Waals surface area (Å²) in [6, 6.07) is 5.36. The molecule has 0 atom stereocenters. The van der Waals surface area contributed by atoms with Crippen LogP contribution in [0.4, 0.5) is 0 Å². The van der Waals surface area contributed by atoms with Crippen LogP contribution in [0.2, 0.25) is 5.02 Å². The van der Waals surface area contributed by atoms with Gasteiger partial charge in [0.25, 0.3) is 5.91 Å². The van der Waals surface area contributed by atoms with E-state index >= 15 is 0 Å². The number of halogens is 1. The number of amides is 1. The van der Waals surface area contributed by atoms with Gasteiger partial charge in [0.1, 0.15) is 0 Å². The number of nitrogens with zero attached hydrogens (tertiary/aromatic N) is 1. The normalized spacial score (nSPS) is 15.9. The van der Waals surface area contributed by atoms with Crippen LogP contribution in [0.1, 0.15) is 35.7 Å². The number of piperidine rings is 1. The zero-order valence-electron chi connectivity index (χ0n) is 12.4. The smallest absolute Gasteiger partial charge is 0.309 e. The van der Waals surface area contributed by atoms with E-state index in [1.807, 2.05) is 6.92 Å². The van der Waals surface area contributed by atoms with Crippen LogP contribution in [0.3, 0.4) is 0 Å². The topological polar surface area (TPSA) is 46.6 Å². The second-order valence-electron chi connectivity index (χ2n) is 5.23. The van der Waals surface area contributed by atoms with E-state index < -0.39 is 0 Å². The number of carbonyl (C=O) groups excluding carboxylic acids is 2. The lowest BCUT2D eigenvalue weighted by molar-refractivity contribution is -0.149. The van der Waals surface area contributed by atoms with E-state index in [1.54, 1.807) is 30.0 Å². The van der Waals surface area contributed by atoms with Crippen LogP contribution in [-0.4, -0.2) is 36.5 Å². The first-order valence-corrected chi connectivity index (χ1v) is 7.63. The Morgan fingerprint density at radius 3 is 2.62 bits per heavy atom. The molecule has 1 aliphatic heterocycles. The largest absolute Gasteiger partial charge is 0.466 e. The van der Waals surface area contributed by atoms with E-state index in [9.17, 15) is 9.59 Å². The van der Waals surface area contributed by atoms with E-state index in [0.717, 1.165) is 5.56 Å². The highest BCUT2D eigenvalue weighted by atomic mass is 35.5. The van der Waals surface area contributed by atoms with Crippen LogP contribution in [0, 0.1) is 12.8 Å². The van der Waals surface area contributed by atoms with E-state index in [-0.39, 0.29) is 17.8 Å². The quantitative estimate of drug-likeness (QED) is 0.806. The average molecular weight is 310 g/mol. The van der Waals surface area contributed by atoms with Crippen molar-refractivity contribution in [2.75, 3.05) is 19.7 Å². The van der Waals surface area contributed by atoms with Gasteiger partial charge >= 0.3 is 5.97 Å². The molecule has 0 spiro atoms. The van der Waals surface area contributed by atoms with Gasteiger partial charge in [0.05, 0.1) is 12.5 Å². The van der Waals surface area contributed by atoms with Gasteiger partial charge in [-0.25, -0.2) is 0 Å². The SMILES string of the molecule is CCOC(=O)C1CCN(C(=O)c2cccc(Cl)c2C)CC1. The molecule has 0 saturated carbocycles. The van der Waals surface area contributed by atoms with E-state index in [2.05, 4.69) is 0 Å². The van der Waals surface area contributed by atoms with Crippen molar-refractivity contribution in [1.82, 2.24) is 4.90 Å². The molecule has 1 aliphatic rings. The lowest BCUT2D eigenvalue weighted by Gasteiger charge is -2.31. The minimum atomic E-state index is -0.150. The summed E-state index contributed by atoms with van der Waals surface area (Å²) in [5, 5.41) is 0.599. The van der Waals surface area contributed by atoms with E-state index in [0.29, 0.717) is 43.1 Å². The van der Waals surface area contributed by atoms with Crippen LogP contribution < -0.4 is 0 Å². The fraction of sp³-hybridized carbons (Fsp3) is 0.500. The first-order valence-electron chi connectivity index (χ1n) is 7.25. The predicted molar refractivity (Wildman–Crippen MR) is 81.4 cm³/mol. The summed E-state index contributed by atoms with van der Waals surface area (Å²) >= 11 is 6.06. The Labute approximate surface area is 130 Å². The summed E-state index contributed by atoms with van der Waals surface area (Å²) in [5.74, 6) is -0.254. The number of esters is 1. The van der Waals surface area contributed by atoms with Crippen LogP contribution in [-0.2, 0) is 9.53 Å². The molecule has 1 heterocycles. The van der Waals surface area contributed by atoms with E-state index in [4.69, 9.17) is 16.3 Å². The predicted octanol–water partition coefficient (Wildman–Crippen LogP) is 3.06. The number of hydrogen-bond acceptors (Lipinski definition) is 3. The molecule has 1 aromatic rings. The molecule has 21 heavy (non-hydrogen) atoms. The van der Waals surface area contributed by atoms with Crippen LogP contribution in [0.5, 0.6) is 0 Å². The first-order chi connectivity index (χ1) is 10.0. The average Bonchev–Trinajstić information content (AvgIpc) is 2.50. The van der Waals surface area contributed by atoms with Gasteiger partial charge in [0.2, 0.25) is 0 Å². The Morgan fingerprint density at radius 2 is 2.00 bits per heavy atom. The van der Waals surface area contributed by atoms with E-state index in [1.165, 1.54) is 0 Å². The molecule has 0 unspecified atom stereocenters. The summed E-state index contributed by atoms with van der Waals surface area (Å²) in [5.41, 5.74) is 1.44. The summed E-state index contributed by atoms with van der Waals surface area (Å²) in [7, 11) is 0. The van der Waals surface area contributed by atoms with Gasteiger partial charge in [-0.15, -0.1) is 0 Å². The Balaban J connectivity index is 2.00. The van der Waals surface area contributed by atoms with Crippen molar-refractivity contribution in [3.05, 3.63) is 34.3 Å². The van der Waals surface area contributed by atoms with Crippen molar-refractivity contribution in [3.8, 4) is 0 Å². The minimum absolute atomic E-state index is 0.0164. The zero-order valence-corrected chi connectivity index (χ0v) is 13.2. The zero-order chi connectivity index (χ0) is 15.4. The molecule has 5 heteroatoms. The Kier molecular flexibility index (Phi) is 5.23. The molecule has 1 saturated heterocycles. The lowest BCUT2D eigenvalue weighted by Crippen LogP contribution is -2.40. The van der Waals surface area contributed by atoms with Gasteiger partial charge in [-0.3, -0.25) is 9.59 Å². The molecule has 4 nitrogen and oxygen atoms in total. The number of carbonyl (C=O) groups is 2. The Bertz CT molecular complexity index is 536. The minimum Gasteiger partial charge on any atom is -0.466 e. The van der Waals surface area contributed by atoms with Crippen LogP contribution in [0.15, 0.2) is 18.2 Å². The van der Waals surface area contributed by atoms with Crippen LogP contribution in [0.25, 0.3) is 0 Å². The fourth-order valence-corrected chi connectivity index (χ4v) is 2.76. The molecule has 0 aromatic heterocycles. The summed E-state index contributed by atoms with van der Waals surface area (Å²) in [6.45, 7) is 5.21. The summed E-state index contributed by atoms with van der Waals surface area (Å²) < 4.78 is 5.04. The molecule has 2 rings (SSSR count). The monoisotopic (exact) mass is 309 g/mol. The highest BCUT2D eigenvalue weighted by Gasteiger charge is 2.29. The number of likely N-dealkylation sites (tertiary alicyclic amines) is 1. The molecular weight excluding hydrogens is 290 g/mol. The number of rotatable bonds is 3. The maximum atomic E-state index is 12.5. The second-order valence-corrected chi connectivity index (χ2v) is 5.64. The molecule has 0 bridgehead atoms. The highest BCUT2D eigenvalue weighted by molar-refractivity contribution is 6.31. The summed E-state index contributed by atoms with van der Waals surface area (Å²) in [4.78, 5) is 26.0. The molecule has 114 valence electrons. The van der Waals surface area contributed by atoms with Gasteiger partial charge in [-0.2, -0.15) is 0 Å². The number of hydrogen-bond donors (Lipinski definition) is 0. The third-order valence-electron chi connectivity index (χ3n) is 3.90. The summed E-state index contributed by atoms with van der Waals surface area (Å²) in [6.07, 6.45) is 1.31. The molecule has 0 N–H and O–H groups in total. The van der Waals surface area contributed by atoms with Gasteiger partial charge in [-0.05, 0) is 44.4 Å². The van der Waals surface area contributed by atoms with Crippen molar-refractivity contribution >= 4 is 23.5 Å². The maximum Gasteiger partial charge on any atom is 0.309 e. The highest BCUT2D eigenvalue weighted by Crippen LogP contribution is 2.24. The maximum absolute atomic E-state index is 12.5. The molecule has 0 radical (unpaired) electrons. The number of ether oxygens (including phenoxy) is 1. The first kappa shape index (κ1) is 15.8.